The Hall–Kier alpha value is -1.64. The van der Waals surface area contributed by atoms with Crippen LogP contribution in [0.15, 0.2) is 30.6 Å². The Labute approximate surface area is 109 Å². The highest BCUT2D eigenvalue weighted by Gasteiger charge is 2.06. The fraction of sp³-hybridized carbons (Fsp3) is 0.467. The molecule has 2 rings (SSSR count). The van der Waals surface area contributed by atoms with Crippen molar-refractivity contribution in [3.8, 4) is 11.5 Å². The van der Waals surface area contributed by atoms with Crippen molar-refractivity contribution in [2.75, 3.05) is 0 Å². The summed E-state index contributed by atoms with van der Waals surface area (Å²) in [5.41, 5.74) is 2.00. The third-order valence-electron chi connectivity index (χ3n) is 3.09. The second-order valence-corrected chi connectivity index (χ2v) is 4.67. The third-order valence-corrected chi connectivity index (χ3v) is 3.09. The van der Waals surface area contributed by atoms with Gasteiger partial charge in [-0.25, -0.2) is 9.97 Å². The number of aromatic nitrogens is 3. The van der Waals surface area contributed by atoms with E-state index in [2.05, 4.69) is 21.5 Å². The second kappa shape index (κ2) is 6.34. The molecule has 0 atom stereocenters. The van der Waals surface area contributed by atoms with Gasteiger partial charge in [0.2, 0.25) is 0 Å². The first-order valence-electron chi connectivity index (χ1n) is 6.76. The maximum atomic E-state index is 4.54. The summed E-state index contributed by atoms with van der Waals surface area (Å²) in [6, 6.07) is 6.07. The van der Waals surface area contributed by atoms with Crippen LogP contribution in [-0.4, -0.2) is 14.5 Å². The zero-order valence-electron chi connectivity index (χ0n) is 11.3. The lowest BCUT2D eigenvalue weighted by Crippen LogP contribution is -2.01. The topological polar surface area (TPSA) is 30.7 Å². The van der Waals surface area contributed by atoms with Crippen LogP contribution in [0.2, 0.25) is 0 Å². The Bertz CT molecular complexity index is 488. The number of imidazole rings is 1. The molecule has 3 nitrogen and oxygen atoms in total. The van der Waals surface area contributed by atoms with Gasteiger partial charge in [-0.05, 0) is 25.5 Å². The number of hydrogen-bond acceptors (Lipinski definition) is 2. The molecule has 0 fully saturated rings. The van der Waals surface area contributed by atoms with Crippen LogP contribution in [0.25, 0.3) is 11.5 Å². The predicted octanol–water partition coefficient (Wildman–Crippen LogP) is 3.83. The van der Waals surface area contributed by atoms with Gasteiger partial charge < -0.3 is 4.57 Å². The predicted molar refractivity (Wildman–Crippen MR) is 74.3 cm³/mol. The molecule has 2 aromatic rings. The van der Waals surface area contributed by atoms with Crippen LogP contribution in [0.3, 0.4) is 0 Å². The van der Waals surface area contributed by atoms with E-state index in [1.807, 2.05) is 37.5 Å². The lowest BCUT2D eigenvalue weighted by molar-refractivity contribution is 0.585. The van der Waals surface area contributed by atoms with E-state index in [0.717, 1.165) is 23.8 Å². The molecule has 0 aliphatic carbocycles. The summed E-state index contributed by atoms with van der Waals surface area (Å²) < 4.78 is 2.21. The molecule has 0 unspecified atom stereocenters. The van der Waals surface area contributed by atoms with Gasteiger partial charge in [0, 0.05) is 24.6 Å². The van der Waals surface area contributed by atoms with Crippen molar-refractivity contribution in [2.24, 2.45) is 0 Å². The summed E-state index contributed by atoms with van der Waals surface area (Å²) in [5, 5.41) is 0. The maximum Gasteiger partial charge on any atom is 0.158 e. The van der Waals surface area contributed by atoms with E-state index in [1.54, 1.807) is 0 Å². The third kappa shape index (κ3) is 3.19. The minimum absolute atomic E-state index is 0.968. The van der Waals surface area contributed by atoms with Crippen molar-refractivity contribution in [3.05, 3.63) is 36.3 Å². The lowest BCUT2D eigenvalue weighted by atomic mass is 10.2. The number of rotatable bonds is 6. The number of pyridine rings is 1. The Kier molecular flexibility index (Phi) is 4.51. The van der Waals surface area contributed by atoms with Crippen LogP contribution in [0.1, 0.15) is 38.3 Å². The normalized spacial score (nSPS) is 10.8. The molecule has 2 heterocycles. The van der Waals surface area contributed by atoms with Gasteiger partial charge >= 0.3 is 0 Å². The molecule has 3 heteroatoms. The molecule has 0 spiro atoms. The molecule has 0 bridgehead atoms. The number of aryl methyl sites for hydroxylation is 2. The van der Waals surface area contributed by atoms with Crippen LogP contribution in [-0.2, 0) is 6.54 Å². The molecular formula is C15H21N3. The van der Waals surface area contributed by atoms with Crippen molar-refractivity contribution in [1.82, 2.24) is 14.5 Å². The first-order chi connectivity index (χ1) is 8.81. The van der Waals surface area contributed by atoms with Crippen molar-refractivity contribution in [2.45, 2.75) is 46.1 Å². The average Bonchev–Trinajstić information content (AvgIpc) is 2.83. The number of hydrogen-bond donors (Lipinski definition) is 0. The fourth-order valence-electron chi connectivity index (χ4n) is 2.10. The quantitative estimate of drug-likeness (QED) is 0.722. The molecule has 0 aliphatic rings. The van der Waals surface area contributed by atoms with Crippen LogP contribution in [0.4, 0.5) is 0 Å². The van der Waals surface area contributed by atoms with E-state index >= 15 is 0 Å². The number of nitrogens with zero attached hydrogens (tertiary/aromatic N) is 3. The molecule has 0 aromatic carbocycles. The van der Waals surface area contributed by atoms with Crippen LogP contribution in [0, 0.1) is 6.92 Å². The summed E-state index contributed by atoms with van der Waals surface area (Å²) >= 11 is 0. The summed E-state index contributed by atoms with van der Waals surface area (Å²) in [6.07, 6.45) is 8.99. The Balaban J connectivity index is 2.08. The van der Waals surface area contributed by atoms with Gasteiger partial charge in [-0.2, -0.15) is 0 Å². The highest BCUT2D eigenvalue weighted by Crippen LogP contribution is 2.16. The first kappa shape index (κ1) is 12.8. The molecular weight excluding hydrogens is 222 g/mol. The smallest absolute Gasteiger partial charge is 0.158 e. The summed E-state index contributed by atoms with van der Waals surface area (Å²) in [7, 11) is 0. The fourth-order valence-corrected chi connectivity index (χ4v) is 2.10. The van der Waals surface area contributed by atoms with E-state index in [9.17, 15) is 0 Å². The molecule has 0 aliphatic heterocycles. The van der Waals surface area contributed by atoms with E-state index in [-0.39, 0.29) is 0 Å². The standard InChI is InChI=1S/C15H21N3/c1-3-4-5-6-11-18-12-10-16-15(18)14-9-7-8-13(2)17-14/h7-10,12H,3-6,11H2,1-2H3. The summed E-state index contributed by atoms with van der Waals surface area (Å²) in [4.78, 5) is 8.96. The average molecular weight is 243 g/mol. The van der Waals surface area contributed by atoms with Crippen molar-refractivity contribution in [1.29, 1.82) is 0 Å². The largest absolute Gasteiger partial charge is 0.330 e. The Morgan fingerprint density at radius 1 is 1.17 bits per heavy atom. The lowest BCUT2D eigenvalue weighted by Gasteiger charge is -2.07. The zero-order chi connectivity index (χ0) is 12.8. The molecule has 2 aromatic heterocycles. The summed E-state index contributed by atoms with van der Waals surface area (Å²) in [5.74, 6) is 0.982. The van der Waals surface area contributed by atoms with Crippen LogP contribution < -0.4 is 0 Å². The van der Waals surface area contributed by atoms with Gasteiger partial charge in [-0.1, -0.05) is 32.3 Å². The molecule has 0 N–H and O–H groups in total. The minimum Gasteiger partial charge on any atom is -0.330 e. The van der Waals surface area contributed by atoms with Gasteiger partial charge in [0.25, 0.3) is 0 Å². The summed E-state index contributed by atoms with van der Waals surface area (Å²) in [6.45, 7) is 5.28. The molecule has 0 amide bonds. The van der Waals surface area contributed by atoms with Crippen LogP contribution >= 0.6 is 0 Å². The van der Waals surface area contributed by atoms with Gasteiger partial charge in [-0.3, -0.25) is 0 Å². The second-order valence-electron chi connectivity index (χ2n) is 4.67. The molecule has 0 saturated carbocycles. The van der Waals surface area contributed by atoms with Gasteiger partial charge in [0.15, 0.2) is 5.82 Å². The Morgan fingerprint density at radius 2 is 2.06 bits per heavy atom. The van der Waals surface area contributed by atoms with E-state index < -0.39 is 0 Å². The van der Waals surface area contributed by atoms with E-state index in [4.69, 9.17) is 0 Å². The molecule has 0 radical (unpaired) electrons. The monoisotopic (exact) mass is 243 g/mol. The highest BCUT2D eigenvalue weighted by molar-refractivity contribution is 5.49. The van der Waals surface area contributed by atoms with E-state index in [0.29, 0.717) is 0 Å². The Morgan fingerprint density at radius 3 is 2.83 bits per heavy atom. The van der Waals surface area contributed by atoms with Gasteiger partial charge in [-0.15, -0.1) is 0 Å². The van der Waals surface area contributed by atoms with Crippen molar-refractivity contribution < 1.29 is 0 Å². The maximum absolute atomic E-state index is 4.54. The van der Waals surface area contributed by atoms with Crippen molar-refractivity contribution >= 4 is 0 Å². The molecule has 18 heavy (non-hydrogen) atoms. The SMILES string of the molecule is CCCCCCn1ccnc1-c1cccc(C)n1. The minimum atomic E-state index is 0.968. The van der Waals surface area contributed by atoms with E-state index in [1.165, 1.54) is 25.7 Å². The van der Waals surface area contributed by atoms with Crippen LogP contribution in [0.5, 0.6) is 0 Å². The zero-order valence-corrected chi connectivity index (χ0v) is 11.3. The molecule has 96 valence electrons. The number of unbranched alkanes of at least 4 members (excludes halogenated alkanes) is 3. The molecule has 0 saturated heterocycles. The van der Waals surface area contributed by atoms with Gasteiger partial charge in [0.05, 0.1) is 0 Å². The van der Waals surface area contributed by atoms with Crippen molar-refractivity contribution in [3.63, 3.8) is 0 Å². The van der Waals surface area contributed by atoms with Gasteiger partial charge in [0.1, 0.15) is 5.69 Å². The highest BCUT2D eigenvalue weighted by atomic mass is 15.1. The first-order valence-corrected chi connectivity index (χ1v) is 6.76.